The SMILES string of the molecule is Clc1ccc2c(c1)CCc1cccnc1-2. The summed E-state index contributed by atoms with van der Waals surface area (Å²) in [5, 5.41) is 0.813. The molecule has 74 valence electrons. The van der Waals surface area contributed by atoms with Crippen LogP contribution in [0.5, 0.6) is 0 Å². The molecule has 0 amide bonds. The van der Waals surface area contributed by atoms with Crippen molar-refractivity contribution in [1.82, 2.24) is 4.98 Å². The molecular weight excluding hydrogens is 206 g/mol. The van der Waals surface area contributed by atoms with Gasteiger partial charge >= 0.3 is 0 Å². The Bertz CT molecular complexity index is 520. The number of hydrogen-bond donors (Lipinski definition) is 0. The van der Waals surface area contributed by atoms with E-state index in [-0.39, 0.29) is 0 Å². The van der Waals surface area contributed by atoms with E-state index in [4.69, 9.17) is 11.6 Å². The summed E-state index contributed by atoms with van der Waals surface area (Å²) in [6, 6.07) is 10.2. The summed E-state index contributed by atoms with van der Waals surface area (Å²) in [5.41, 5.74) is 5.01. The van der Waals surface area contributed by atoms with E-state index in [1.807, 2.05) is 18.3 Å². The number of aromatic nitrogens is 1. The molecule has 2 aromatic rings. The topological polar surface area (TPSA) is 12.9 Å². The molecule has 3 rings (SSSR count). The van der Waals surface area contributed by atoms with Gasteiger partial charge in [0.25, 0.3) is 0 Å². The highest BCUT2D eigenvalue weighted by atomic mass is 35.5. The van der Waals surface area contributed by atoms with Gasteiger partial charge in [0.2, 0.25) is 0 Å². The van der Waals surface area contributed by atoms with E-state index in [9.17, 15) is 0 Å². The third kappa shape index (κ3) is 1.44. The van der Waals surface area contributed by atoms with Gasteiger partial charge in [-0.05, 0) is 42.2 Å². The molecule has 0 radical (unpaired) electrons. The van der Waals surface area contributed by atoms with Crippen LogP contribution in [-0.4, -0.2) is 4.98 Å². The number of aryl methyl sites for hydroxylation is 2. The highest BCUT2D eigenvalue weighted by Gasteiger charge is 2.16. The second kappa shape index (κ2) is 3.35. The average Bonchev–Trinajstić information content (AvgIpc) is 2.28. The van der Waals surface area contributed by atoms with Crippen molar-refractivity contribution in [2.24, 2.45) is 0 Å². The van der Waals surface area contributed by atoms with Gasteiger partial charge in [-0.3, -0.25) is 4.98 Å². The van der Waals surface area contributed by atoms with Crippen molar-refractivity contribution in [1.29, 1.82) is 0 Å². The Morgan fingerprint density at radius 2 is 1.93 bits per heavy atom. The Hall–Kier alpha value is -1.34. The molecule has 0 unspecified atom stereocenters. The van der Waals surface area contributed by atoms with Crippen LogP contribution in [0.25, 0.3) is 11.3 Å². The second-order valence-electron chi connectivity index (χ2n) is 3.81. The number of nitrogens with zero attached hydrogens (tertiary/aromatic N) is 1. The molecule has 1 aromatic heterocycles. The molecule has 1 aromatic carbocycles. The van der Waals surface area contributed by atoms with Crippen molar-refractivity contribution in [3.63, 3.8) is 0 Å². The molecule has 2 heteroatoms. The number of pyridine rings is 1. The number of benzene rings is 1. The van der Waals surface area contributed by atoms with Crippen molar-refractivity contribution < 1.29 is 0 Å². The van der Waals surface area contributed by atoms with Gasteiger partial charge in [-0.2, -0.15) is 0 Å². The number of fused-ring (bicyclic) bond motifs is 3. The van der Waals surface area contributed by atoms with Crippen LogP contribution < -0.4 is 0 Å². The van der Waals surface area contributed by atoms with E-state index in [1.54, 1.807) is 0 Å². The minimum Gasteiger partial charge on any atom is -0.256 e. The Balaban J connectivity index is 2.26. The van der Waals surface area contributed by atoms with E-state index >= 15 is 0 Å². The third-order valence-electron chi connectivity index (χ3n) is 2.88. The molecule has 0 aliphatic heterocycles. The average molecular weight is 216 g/mol. The smallest absolute Gasteiger partial charge is 0.0736 e. The summed E-state index contributed by atoms with van der Waals surface area (Å²) < 4.78 is 0. The van der Waals surface area contributed by atoms with Gasteiger partial charge in [0.1, 0.15) is 0 Å². The van der Waals surface area contributed by atoms with Crippen LogP contribution >= 0.6 is 11.6 Å². The van der Waals surface area contributed by atoms with Gasteiger partial charge < -0.3 is 0 Å². The summed E-state index contributed by atoms with van der Waals surface area (Å²) in [7, 11) is 0. The standard InChI is InChI=1S/C13H10ClN/c14-11-5-6-12-10(8-11)4-3-9-2-1-7-15-13(9)12/h1-2,5-8H,3-4H2. The molecule has 1 heterocycles. The monoisotopic (exact) mass is 215 g/mol. The van der Waals surface area contributed by atoms with Crippen LogP contribution in [0, 0.1) is 0 Å². The van der Waals surface area contributed by atoms with E-state index < -0.39 is 0 Å². The number of rotatable bonds is 0. The van der Waals surface area contributed by atoms with Crippen LogP contribution in [0.3, 0.4) is 0 Å². The first-order valence-electron chi connectivity index (χ1n) is 5.07. The molecule has 0 bridgehead atoms. The van der Waals surface area contributed by atoms with E-state index in [0.717, 1.165) is 23.6 Å². The molecule has 0 spiro atoms. The quantitative estimate of drug-likeness (QED) is 0.656. The maximum Gasteiger partial charge on any atom is 0.0736 e. The molecule has 0 N–H and O–H groups in total. The lowest BCUT2D eigenvalue weighted by Crippen LogP contribution is -2.05. The first-order chi connectivity index (χ1) is 7.34. The van der Waals surface area contributed by atoms with Crippen molar-refractivity contribution >= 4 is 11.6 Å². The maximum atomic E-state index is 5.98. The van der Waals surface area contributed by atoms with Crippen molar-refractivity contribution in [2.75, 3.05) is 0 Å². The molecule has 0 fully saturated rings. The second-order valence-corrected chi connectivity index (χ2v) is 4.25. The van der Waals surface area contributed by atoms with Crippen molar-refractivity contribution in [3.05, 3.63) is 52.7 Å². The summed E-state index contributed by atoms with van der Waals surface area (Å²) >= 11 is 5.98. The zero-order valence-electron chi connectivity index (χ0n) is 8.20. The zero-order valence-corrected chi connectivity index (χ0v) is 8.96. The predicted octanol–water partition coefficient (Wildman–Crippen LogP) is 3.50. The first kappa shape index (κ1) is 8.93. The lowest BCUT2D eigenvalue weighted by Gasteiger charge is -2.18. The Morgan fingerprint density at radius 1 is 1.07 bits per heavy atom. The van der Waals surface area contributed by atoms with Gasteiger partial charge in [-0.25, -0.2) is 0 Å². The molecule has 0 saturated carbocycles. The van der Waals surface area contributed by atoms with Crippen LogP contribution in [0.2, 0.25) is 5.02 Å². The summed E-state index contributed by atoms with van der Waals surface area (Å²) in [5.74, 6) is 0. The molecule has 0 atom stereocenters. The Kier molecular flexibility index (Phi) is 2.00. The number of halogens is 1. The lowest BCUT2D eigenvalue weighted by atomic mass is 9.89. The highest BCUT2D eigenvalue weighted by molar-refractivity contribution is 6.30. The summed E-state index contributed by atoms with van der Waals surface area (Å²) in [4.78, 5) is 4.45. The molecule has 1 aliphatic carbocycles. The maximum absolute atomic E-state index is 5.98. The van der Waals surface area contributed by atoms with Gasteiger partial charge in [0.15, 0.2) is 0 Å². The lowest BCUT2D eigenvalue weighted by molar-refractivity contribution is 0.927. The molecule has 15 heavy (non-hydrogen) atoms. The third-order valence-corrected chi connectivity index (χ3v) is 3.11. The Morgan fingerprint density at radius 3 is 2.87 bits per heavy atom. The largest absolute Gasteiger partial charge is 0.256 e. The van der Waals surface area contributed by atoms with Crippen LogP contribution in [0.1, 0.15) is 11.1 Å². The van der Waals surface area contributed by atoms with Crippen molar-refractivity contribution in [3.8, 4) is 11.3 Å². The molecule has 1 nitrogen and oxygen atoms in total. The van der Waals surface area contributed by atoms with Gasteiger partial charge in [0, 0.05) is 16.8 Å². The minimum absolute atomic E-state index is 0.813. The minimum atomic E-state index is 0.813. The Labute approximate surface area is 93.7 Å². The fourth-order valence-corrected chi connectivity index (χ4v) is 2.35. The van der Waals surface area contributed by atoms with E-state index in [2.05, 4.69) is 23.2 Å². The van der Waals surface area contributed by atoms with Crippen LogP contribution in [0.15, 0.2) is 36.5 Å². The molecule has 1 aliphatic rings. The van der Waals surface area contributed by atoms with E-state index in [0.29, 0.717) is 0 Å². The predicted molar refractivity (Wildman–Crippen MR) is 62.1 cm³/mol. The fraction of sp³-hybridized carbons (Fsp3) is 0.154. The fourth-order valence-electron chi connectivity index (χ4n) is 2.15. The van der Waals surface area contributed by atoms with E-state index in [1.165, 1.54) is 16.7 Å². The molecule has 0 saturated heterocycles. The summed E-state index contributed by atoms with van der Waals surface area (Å²) in [6.45, 7) is 0. The zero-order chi connectivity index (χ0) is 10.3. The first-order valence-corrected chi connectivity index (χ1v) is 5.45. The van der Waals surface area contributed by atoms with Crippen LogP contribution in [0.4, 0.5) is 0 Å². The molecular formula is C13H10ClN. The van der Waals surface area contributed by atoms with Crippen molar-refractivity contribution in [2.45, 2.75) is 12.8 Å². The van der Waals surface area contributed by atoms with Crippen LogP contribution in [-0.2, 0) is 12.8 Å². The number of hydrogen-bond acceptors (Lipinski definition) is 1. The normalized spacial score (nSPS) is 13.1. The highest BCUT2D eigenvalue weighted by Crippen LogP contribution is 2.32. The van der Waals surface area contributed by atoms with Gasteiger partial charge in [-0.1, -0.05) is 23.7 Å². The van der Waals surface area contributed by atoms with Gasteiger partial charge in [0.05, 0.1) is 5.69 Å². The van der Waals surface area contributed by atoms with Gasteiger partial charge in [-0.15, -0.1) is 0 Å². The summed E-state index contributed by atoms with van der Waals surface area (Å²) in [6.07, 6.45) is 3.98.